The van der Waals surface area contributed by atoms with Crippen LogP contribution in [0.3, 0.4) is 0 Å². The second kappa shape index (κ2) is 9.63. The molecular formula is C22H23ClN2O5. The Balaban J connectivity index is 1.93. The first kappa shape index (κ1) is 21.6. The van der Waals surface area contributed by atoms with Crippen LogP contribution in [-0.4, -0.2) is 41.9 Å². The van der Waals surface area contributed by atoms with Crippen LogP contribution in [0.1, 0.15) is 42.9 Å². The number of nitrogens with zero attached hydrogens (tertiary/aromatic N) is 2. The summed E-state index contributed by atoms with van der Waals surface area (Å²) < 4.78 is 10.8. The highest BCUT2D eigenvalue weighted by Gasteiger charge is 2.34. The van der Waals surface area contributed by atoms with Gasteiger partial charge in [0.05, 0.1) is 26.0 Å². The molecule has 0 spiro atoms. The molecule has 1 amide bonds. The number of hydrogen-bond acceptors (Lipinski definition) is 5. The molecule has 0 fully saturated rings. The topological polar surface area (TPSA) is 88.4 Å². The molecule has 158 valence electrons. The summed E-state index contributed by atoms with van der Waals surface area (Å²) >= 11 is 6.16. The van der Waals surface area contributed by atoms with E-state index in [4.69, 9.17) is 26.2 Å². The summed E-state index contributed by atoms with van der Waals surface area (Å²) in [5.41, 5.74) is 2.33. The van der Waals surface area contributed by atoms with E-state index in [0.717, 1.165) is 11.1 Å². The van der Waals surface area contributed by atoms with Crippen molar-refractivity contribution in [1.29, 1.82) is 0 Å². The van der Waals surface area contributed by atoms with Crippen molar-refractivity contribution >= 4 is 29.2 Å². The molecule has 1 aliphatic rings. The van der Waals surface area contributed by atoms with Crippen LogP contribution < -0.4 is 9.47 Å². The second-order valence-corrected chi connectivity index (χ2v) is 7.31. The number of rotatable bonds is 8. The number of carboxylic acid groups (broad SMARTS) is 1. The number of benzene rings is 2. The van der Waals surface area contributed by atoms with Crippen molar-refractivity contribution in [3.63, 3.8) is 0 Å². The van der Waals surface area contributed by atoms with E-state index in [9.17, 15) is 9.59 Å². The lowest BCUT2D eigenvalue weighted by atomic mass is 9.97. The molecule has 0 bridgehead atoms. The molecule has 2 aromatic carbocycles. The maximum Gasteiger partial charge on any atom is 0.303 e. The highest BCUT2D eigenvalue weighted by Crippen LogP contribution is 2.37. The Bertz CT molecular complexity index is 976. The van der Waals surface area contributed by atoms with Crippen LogP contribution in [0.15, 0.2) is 47.6 Å². The van der Waals surface area contributed by atoms with Gasteiger partial charge < -0.3 is 14.6 Å². The highest BCUT2D eigenvalue weighted by molar-refractivity contribution is 6.30. The van der Waals surface area contributed by atoms with E-state index in [2.05, 4.69) is 5.10 Å². The van der Waals surface area contributed by atoms with Crippen LogP contribution in [0, 0.1) is 0 Å². The zero-order valence-electron chi connectivity index (χ0n) is 16.8. The highest BCUT2D eigenvalue weighted by atomic mass is 35.5. The first-order valence-electron chi connectivity index (χ1n) is 9.52. The Morgan fingerprint density at radius 3 is 2.63 bits per heavy atom. The molecular weight excluding hydrogens is 408 g/mol. The Morgan fingerprint density at radius 1 is 1.17 bits per heavy atom. The molecule has 1 aliphatic heterocycles. The van der Waals surface area contributed by atoms with Gasteiger partial charge >= 0.3 is 5.97 Å². The average molecular weight is 431 g/mol. The normalized spacial score (nSPS) is 15.6. The number of carbonyl (C=O) groups excluding carboxylic acids is 1. The van der Waals surface area contributed by atoms with E-state index in [1.165, 1.54) is 5.01 Å². The first-order chi connectivity index (χ1) is 14.4. The van der Waals surface area contributed by atoms with Crippen molar-refractivity contribution in [3.8, 4) is 11.5 Å². The van der Waals surface area contributed by atoms with Gasteiger partial charge in [0.25, 0.3) is 0 Å². The van der Waals surface area contributed by atoms with Gasteiger partial charge in [0.2, 0.25) is 5.91 Å². The lowest BCUT2D eigenvalue weighted by Crippen LogP contribution is -2.27. The summed E-state index contributed by atoms with van der Waals surface area (Å²) in [5.74, 6) is 0.0896. The number of carbonyl (C=O) groups is 2. The van der Waals surface area contributed by atoms with Crippen LogP contribution >= 0.6 is 11.6 Å². The fourth-order valence-corrected chi connectivity index (χ4v) is 3.62. The summed E-state index contributed by atoms with van der Waals surface area (Å²) in [6.45, 7) is 0. The summed E-state index contributed by atoms with van der Waals surface area (Å²) in [6.07, 6.45) is 0.765. The van der Waals surface area contributed by atoms with Gasteiger partial charge in [-0.05, 0) is 36.2 Å². The molecule has 0 saturated carbocycles. The van der Waals surface area contributed by atoms with E-state index >= 15 is 0 Å². The zero-order chi connectivity index (χ0) is 21.7. The van der Waals surface area contributed by atoms with Crippen LogP contribution in [0.4, 0.5) is 0 Å². The smallest absolute Gasteiger partial charge is 0.303 e. The zero-order valence-corrected chi connectivity index (χ0v) is 17.6. The largest absolute Gasteiger partial charge is 0.497 e. The third-order valence-corrected chi connectivity index (χ3v) is 5.14. The van der Waals surface area contributed by atoms with Crippen molar-refractivity contribution in [1.82, 2.24) is 5.01 Å². The predicted octanol–water partition coefficient (Wildman–Crippen LogP) is 4.29. The molecule has 0 radical (unpaired) electrons. The van der Waals surface area contributed by atoms with E-state index in [1.54, 1.807) is 26.4 Å². The Labute approximate surface area is 179 Å². The van der Waals surface area contributed by atoms with Gasteiger partial charge in [0, 0.05) is 35.9 Å². The van der Waals surface area contributed by atoms with Crippen LogP contribution in [0.2, 0.25) is 5.02 Å². The fraction of sp³-hybridized carbons (Fsp3) is 0.318. The lowest BCUT2D eigenvalue weighted by molar-refractivity contribution is -0.137. The van der Waals surface area contributed by atoms with E-state index in [0.29, 0.717) is 28.7 Å². The minimum Gasteiger partial charge on any atom is -0.497 e. The number of halogens is 1. The molecule has 1 atom stereocenters. The van der Waals surface area contributed by atoms with Crippen molar-refractivity contribution < 1.29 is 24.2 Å². The monoisotopic (exact) mass is 430 g/mol. The Hall–Kier alpha value is -3.06. The van der Waals surface area contributed by atoms with Crippen molar-refractivity contribution in [2.75, 3.05) is 14.2 Å². The molecule has 3 rings (SSSR count). The number of carboxylic acids is 1. The van der Waals surface area contributed by atoms with Crippen LogP contribution in [0.5, 0.6) is 11.5 Å². The Kier molecular flexibility index (Phi) is 6.95. The minimum absolute atomic E-state index is 0.0652. The van der Waals surface area contributed by atoms with Gasteiger partial charge in [0.1, 0.15) is 11.5 Å². The second-order valence-electron chi connectivity index (χ2n) is 6.87. The molecule has 0 aliphatic carbocycles. The van der Waals surface area contributed by atoms with E-state index < -0.39 is 5.97 Å². The molecule has 0 aromatic heterocycles. The number of amides is 1. The summed E-state index contributed by atoms with van der Waals surface area (Å²) in [6, 6.07) is 12.4. The Morgan fingerprint density at radius 2 is 1.97 bits per heavy atom. The van der Waals surface area contributed by atoms with Crippen molar-refractivity contribution in [3.05, 3.63) is 58.6 Å². The number of methoxy groups -OCH3 is 2. The number of hydrazone groups is 1. The first-order valence-corrected chi connectivity index (χ1v) is 9.90. The molecule has 1 heterocycles. The molecule has 8 heteroatoms. The summed E-state index contributed by atoms with van der Waals surface area (Å²) in [5, 5.41) is 15.5. The number of aliphatic carboxylic acids is 1. The average Bonchev–Trinajstić information content (AvgIpc) is 3.18. The molecule has 0 saturated heterocycles. The molecule has 0 unspecified atom stereocenters. The van der Waals surface area contributed by atoms with Gasteiger partial charge in [-0.2, -0.15) is 5.10 Å². The third kappa shape index (κ3) is 4.91. The quantitative estimate of drug-likeness (QED) is 0.674. The number of hydrogen-bond donors (Lipinski definition) is 1. The van der Waals surface area contributed by atoms with Crippen LogP contribution in [0.25, 0.3) is 0 Å². The van der Waals surface area contributed by atoms with Crippen LogP contribution in [-0.2, 0) is 9.59 Å². The maximum atomic E-state index is 12.9. The standard InChI is InChI=1S/C22H23ClN2O5/c1-29-16-9-10-17(20(12-16)30-2)18-13-19(14-5-3-6-15(23)11-14)25(24-18)21(26)7-4-8-22(27)28/h3,5-6,9-12,19H,4,7-8,13H2,1-2H3,(H,27,28)/t19-/m0/s1. The summed E-state index contributed by atoms with van der Waals surface area (Å²) in [4.78, 5) is 23.7. The maximum absolute atomic E-state index is 12.9. The summed E-state index contributed by atoms with van der Waals surface area (Å²) in [7, 11) is 3.14. The van der Waals surface area contributed by atoms with Crippen molar-refractivity contribution in [2.45, 2.75) is 31.7 Å². The SMILES string of the molecule is COc1ccc(C2=NN(C(=O)CCCC(=O)O)[C@H](c3cccc(Cl)c3)C2)c(OC)c1. The third-order valence-electron chi connectivity index (χ3n) is 4.90. The van der Waals surface area contributed by atoms with Gasteiger partial charge in [-0.3, -0.25) is 9.59 Å². The fourth-order valence-electron chi connectivity index (χ4n) is 3.42. The molecule has 2 aromatic rings. The van der Waals surface area contributed by atoms with E-state index in [1.807, 2.05) is 30.3 Å². The minimum atomic E-state index is -0.928. The molecule has 7 nitrogen and oxygen atoms in total. The van der Waals surface area contributed by atoms with Gasteiger partial charge in [0.15, 0.2) is 0 Å². The lowest BCUT2D eigenvalue weighted by Gasteiger charge is -2.22. The predicted molar refractivity (Wildman–Crippen MR) is 113 cm³/mol. The van der Waals surface area contributed by atoms with Crippen molar-refractivity contribution in [2.24, 2.45) is 5.10 Å². The number of ether oxygens (including phenoxy) is 2. The van der Waals surface area contributed by atoms with Gasteiger partial charge in [-0.25, -0.2) is 5.01 Å². The molecule has 1 N–H and O–H groups in total. The van der Waals surface area contributed by atoms with E-state index in [-0.39, 0.29) is 31.2 Å². The van der Waals surface area contributed by atoms with Gasteiger partial charge in [-0.15, -0.1) is 0 Å². The van der Waals surface area contributed by atoms with Gasteiger partial charge in [-0.1, -0.05) is 23.7 Å². The molecule has 30 heavy (non-hydrogen) atoms.